The maximum absolute atomic E-state index is 10.1. The number of unbranched alkanes of at least 4 members (excludes halogenated alkanes) is 2. The van der Waals surface area contributed by atoms with Gasteiger partial charge in [-0.25, -0.2) is 0 Å². The SMILES string of the molecule is CCCCCOc1ccc(C(O)CCC)cc1OCC. The molecule has 0 aliphatic rings. The normalized spacial score (nSPS) is 12.2. The van der Waals surface area contributed by atoms with Crippen LogP contribution in [0.15, 0.2) is 18.2 Å². The van der Waals surface area contributed by atoms with Gasteiger partial charge in [-0.1, -0.05) is 39.2 Å². The van der Waals surface area contributed by atoms with Crippen LogP contribution in [0.2, 0.25) is 0 Å². The van der Waals surface area contributed by atoms with Gasteiger partial charge in [-0.15, -0.1) is 0 Å². The van der Waals surface area contributed by atoms with Gasteiger partial charge in [-0.2, -0.15) is 0 Å². The minimum atomic E-state index is -0.423. The number of hydrogen-bond acceptors (Lipinski definition) is 3. The summed E-state index contributed by atoms with van der Waals surface area (Å²) in [6.45, 7) is 7.51. The van der Waals surface area contributed by atoms with Crippen molar-refractivity contribution in [1.29, 1.82) is 0 Å². The van der Waals surface area contributed by atoms with E-state index in [1.807, 2.05) is 25.1 Å². The van der Waals surface area contributed by atoms with Crippen molar-refractivity contribution < 1.29 is 14.6 Å². The Balaban J connectivity index is 2.73. The average Bonchev–Trinajstić information content (AvgIpc) is 2.45. The minimum Gasteiger partial charge on any atom is -0.490 e. The molecule has 1 aromatic rings. The molecule has 0 aliphatic heterocycles. The second-order valence-electron chi connectivity index (χ2n) is 5.00. The highest BCUT2D eigenvalue weighted by molar-refractivity contribution is 5.43. The van der Waals surface area contributed by atoms with E-state index in [0.29, 0.717) is 13.2 Å². The number of ether oxygens (including phenoxy) is 2. The zero-order valence-corrected chi connectivity index (χ0v) is 13.0. The van der Waals surface area contributed by atoms with E-state index < -0.39 is 6.10 Å². The molecule has 0 bridgehead atoms. The summed E-state index contributed by atoms with van der Waals surface area (Å²) in [7, 11) is 0. The van der Waals surface area contributed by atoms with Gasteiger partial charge in [0.05, 0.1) is 19.3 Å². The topological polar surface area (TPSA) is 38.7 Å². The molecule has 0 fully saturated rings. The number of aliphatic hydroxyl groups excluding tert-OH is 1. The molecule has 1 atom stereocenters. The Kier molecular flexibility index (Phi) is 8.12. The third-order valence-electron chi connectivity index (χ3n) is 3.22. The molecule has 1 aromatic carbocycles. The van der Waals surface area contributed by atoms with Crippen molar-refractivity contribution in [3.05, 3.63) is 23.8 Å². The Hall–Kier alpha value is -1.22. The van der Waals surface area contributed by atoms with Gasteiger partial charge in [0, 0.05) is 0 Å². The predicted molar refractivity (Wildman–Crippen MR) is 82.5 cm³/mol. The molecule has 0 amide bonds. The molecule has 20 heavy (non-hydrogen) atoms. The second kappa shape index (κ2) is 9.65. The van der Waals surface area contributed by atoms with E-state index in [1.165, 1.54) is 12.8 Å². The molecular weight excluding hydrogens is 252 g/mol. The highest BCUT2D eigenvalue weighted by atomic mass is 16.5. The fourth-order valence-corrected chi connectivity index (χ4v) is 2.09. The zero-order valence-electron chi connectivity index (χ0n) is 13.0. The fraction of sp³-hybridized carbons (Fsp3) is 0.647. The Morgan fingerprint density at radius 1 is 1.00 bits per heavy atom. The first-order valence-electron chi connectivity index (χ1n) is 7.80. The van der Waals surface area contributed by atoms with E-state index in [0.717, 1.165) is 36.3 Å². The van der Waals surface area contributed by atoms with Crippen LogP contribution in [0, 0.1) is 0 Å². The molecular formula is C17H28O3. The van der Waals surface area contributed by atoms with Gasteiger partial charge in [0.1, 0.15) is 0 Å². The maximum Gasteiger partial charge on any atom is 0.161 e. The van der Waals surface area contributed by atoms with Gasteiger partial charge in [0.25, 0.3) is 0 Å². The molecule has 0 aromatic heterocycles. The highest BCUT2D eigenvalue weighted by Gasteiger charge is 2.11. The second-order valence-corrected chi connectivity index (χ2v) is 5.00. The van der Waals surface area contributed by atoms with Crippen LogP contribution in [0.4, 0.5) is 0 Å². The van der Waals surface area contributed by atoms with Crippen LogP contribution < -0.4 is 9.47 Å². The van der Waals surface area contributed by atoms with Crippen LogP contribution in [-0.2, 0) is 0 Å². The number of aliphatic hydroxyl groups is 1. The molecule has 0 aliphatic carbocycles. The average molecular weight is 280 g/mol. The monoisotopic (exact) mass is 280 g/mol. The van der Waals surface area contributed by atoms with E-state index in [-0.39, 0.29) is 0 Å². The molecule has 0 heterocycles. The molecule has 114 valence electrons. The molecule has 0 saturated carbocycles. The van der Waals surface area contributed by atoms with E-state index in [1.54, 1.807) is 0 Å². The molecule has 1 unspecified atom stereocenters. The van der Waals surface area contributed by atoms with E-state index in [4.69, 9.17) is 9.47 Å². The summed E-state index contributed by atoms with van der Waals surface area (Å²) in [6.07, 6.45) is 4.72. The fourth-order valence-electron chi connectivity index (χ4n) is 2.09. The van der Waals surface area contributed by atoms with Gasteiger partial charge in [0.2, 0.25) is 0 Å². The van der Waals surface area contributed by atoms with Crippen LogP contribution in [0.5, 0.6) is 11.5 Å². The van der Waals surface area contributed by atoms with E-state index in [9.17, 15) is 5.11 Å². The van der Waals surface area contributed by atoms with Crippen LogP contribution in [-0.4, -0.2) is 18.3 Å². The lowest BCUT2D eigenvalue weighted by Crippen LogP contribution is -2.03. The first kappa shape index (κ1) is 16.8. The van der Waals surface area contributed by atoms with E-state index in [2.05, 4.69) is 13.8 Å². The van der Waals surface area contributed by atoms with Gasteiger partial charge < -0.3 is 14.6 Å². The van der Waals surface area contributed by atoms with E-state index >= 15 is 0 Å². The molecule has 3 heteroatoms. The smallest absolute Gasteiger partial charge is 0.161 e. The number of benzene rings is 1. The summed E-state index contributed by atoms with van der Waals surface area (Å²) in [5.41, 5.74) is 0.899. The summed E-state index contributed by atoms with van der Waals surface area (Å²) in [4.78, 5) is 0. The molecule has 3 nitrogen and oxygen atoms in total. The molecule has 1 rings (SSSR count). The summed E-state index contributed by atoms with van der Waals surface area (Å²) < 4.78 is 11.4. The Labute approximate surface area is 122 Å². The zero-order chi connectivity index (χ0) is 14.8. The van der Waals surface area contributed by atoms with Crippen molar-refractivity contribution in [3.8, 4) is 11.5 Å². The quantitative estimate of drug-likeness (QED) is 0.642. The number of hydrogen-bond donors (Lipinski definition) is 1. The van der Waals surface area contributed by atoms with Crippen molar-refractivity contribution in [1.82, 2.24) is 0 Å². The van der Waals surface area contributed by atoms with Gasteiger partial charge in [-0.3, -0.25) is 0 Å². The van der Waals surface area contributed by atoms with Crippen LogP contribution in [0.3, 0.4) is 0 Å². The standard InChI is InChI=1S/C17H28O3/c1-4-7-8-12-20-16-11-10-14(15(18)9-5-2)13-17(16)19-6-3/h10-11,13,15,18H,4-9,12H2,1-3H3. The summed E-state index contributed by atoms with van der Waals surface area (Å²) >= 11 is 0. The predicted octanol–water partition coefficient (Wildman–Crippen LogP) is 4.49. The van der Waals surface area contributed by atoms with Crippen molar-refractivity contribution in [2.75, 3.05) is 13.2 Å². The van der Waals surface area contributed by atoms with Crippen molar-refractivity contribution in [2.45, 2.75) is 59.0 Å². The van der Waals surface area contributed by atoms with Crippen molar-refractivity contribution in [3.63, 3.8) is 0 Å². The minimum absolute atomic E-state index is 0.423. The first-order valence-corrected chi connectivity index (χ1v) is 7.80. The first-order chi connectivity index (χ1) is 9.72. The van der Waals surface area contributed by atoms with Crippen molar-refractivity contribution >= 4 is 0 Å². The summed E-state index contributed by atoms with van der Waals surface area (Å²) in [5, 5.41) is 10.1. The molecule has 0 saturated heterocycles. The Morgan fingerprint density at radius 2 is 1.80 bits per heavy atom. The van der Waals surface area contributed by atoms with Crippen molar-refractivity contribution in [2.24, 2.45) is 0 Å². The lowest BCUT2D eigenvalue weighted by Gasteiger charge is -2.15. The third-order valence-corrected chi connectivity index (χ3v) is 3.22. The number of rotatable bonds is 10. The molecule has 0 spiro atoms. The Bertz CT molecular complexity index is 376. The molecule has 1 N–H and O–H groups in total. The van der Waals surface area contributed by atoms with Crippen LogP contribution in [0.1, 0.15) is 64.5 Å². The molecule has 0 radical (unpaired) electrons. The summed E-state index contributed by atoms with van der Waals surface area (Å²) in [6, 6.07) is 5.74. The lowest BCUT2D eigenvalue weighted by atomic mass is 10.0. The largest absolute Gasteiger partial charge is 0.490 e. The summed E-state index contributed by atoms with van der Waals surface area (Å²) in [5.74, 6) is 1.51. The van der Waals surface area contributed by atoms with Gasteiger partial charge in [-0.05, 0) is 37.5 Å². The Morgan fingerprint density at radius 3 is 2.45 bits per heavy atom. The maximum atomic E-state index is 10.1. The lowest BCUT2D eigenvalue weighted by molar-refractivity contribution is 0.165. The van der Waals surface area contributed by atoms with Gasteiger partial charge in [0.15, 0.2) is 11.5 Å². The third kappa shape index (κ3) is 5.41. The van der Waals surface area contributed by atoms with Crippen LogP contribution in [0.25, 0.3) is 0 Å². The van der Waals surface area contributed by atoms with Gasteiger partial charge >= 0.3 is 0 Å². The highest BCUT2D eigenvalue weighted by Crippen LogP contribution is 2.32. The van der Waals surface area contributed by atoms with Crippen LogP contribution >= 0.6 is 0 Å².